The van der Waals surface area contributed by atoms with E-state index < -0.39 is 26.4 Å². The molecule has 2 aromatic rings. The first-order chi connectivity index (χ1) is 9.93. The minimum Gasteiger partial charge on any atom is -0.321 e. The molecule has 1 N–H and O–H groups in total. The largest absolute Gasteiger partial charge is 0.341 e. The van der Waals surface area contributed by atoms with Gasteiger partial charge < -0.3 is 5.32 Å². The van der Waals surface area contributed by atoms with Crippen molar-refractivity contribution in [1.29, 1.82) is 0 Å². The number of carbonyl (C=O) groups is 1. The molecule has 5 nitrogen and oxygen atoms in total. The van der Waals surface area contributed by atoms with Crippen LogP contribution >= 0.6 is 0 Å². The molecule has 0 aliphatic heterocycles. The first-order valence-corrected chi connectivity index (χ1v) is 7.30. The van der Waals surface area contributed by atoms with E-state index in [0.29, 0.717) is 0 Å². The molecule has 1 aromatic carbocycles. The first-order valence-electron chi connectivity index (χ1n) is 5.75. The summed E-state index contributed by atoms with van der Waals surface area (Å²) >= 11 is 0. The second-order valence-electron chi connectivity index (χ2n) is 3.99. The van der Waals surface area contributed by atoms with Crippen LogP contribution < -0.4 is 5.32 Å². The van der Waals surface area contributed by atoms with Gasteiger partial charge in [-0.3, -0.25) is 9.78 Å². The molecular weight excluding hydrogens is 302 g/mol. The molecule has 0 radical (unpaired) electrons. The third kappa shape index (κ3) is 3.22. The minimum absolute atomic E-state index is 0.195. The summed E-state index contributed by atoms with van der Waals surface area (Å²) < 4.78 is 48.4. The lowest BCUT2D eigenvalue weighted by molar-refractivity contribution is 0.102. The normalized spacial score (nSPS) is 11.4. The highest BCUT2D eigenvalue weighted by molar-refractivity contribution is 7.91. The van der Waals surface area contributed by atoms with Crippen molar-refractivity contribution < 1.29 is 22.0 Å². The van der Waals surface area contributed by atoms with Gasteiger partial charge in [0.1, 0.15) is 0 Å². The number of alkyl halides is 2. The van der Waals surface area contributed by atoms with E-state index in [2.05, 4.69) is 10.3 Å². The maximum Gasteiger partial charge on any atom is 0.341 e. The number of carbonyl (C=O) groups excluding carboxylic acids is 1. The molecule has 110 valence electrons. The van der Waals surface area contributed by atoms with E-state index in [9.17, 15) is 22.0 Å². The number of hydrogen-bond donors (Lipinski definition) is 1. The van der Waals surface area contributed by atoms with Gasteiger partial charge in [0, 0.05) is 18.0 Å². The molecule has 0 saturated carbocycles. The van der Waals surface area contributed by atoms with E-state index in [4.69, 9.17) is 0 Å². The highest BCUT2D eigenvalue weighted by Crippen LogP contribution is 2.26. The zero-order valence-corrected chi connectivity index (χ0v) is 11.3. The second kappa shape index (κ2) is 5.96. The van der Waals surface area contributed by atoms with Gasteiger partial charge in [-0.2, -0.15) is 8.78 Å². The van der Waals surface area contributed by atoms with Crippen molar-refractivity contribution in [2.45, 2.75) is 10.7 Å². The Kier molecular flexibility index (Phi) is 4.27. The standard InChI is InChI=1S/C13H10F2N2O3S/c14-13(15)21(19,20)11-4-2-1-3-10(11)17-12(18)9-5-7-16-8-6-9/h1-8,13H,(H,17,18). The predicted molar refractivity (Wildman–Crippen MR) is 71.8 cm³/mol. The zero-order chi connectivity index (χ0) is 15.5. The summed E-state index contributed by atoms with van der Waals surface area (Å²) in [5.41, 5.74) is 0.0360. The quantitative estimate of drug-likeness (QED) is 0.940. The molecule has 0 bridgehead atoms. The maximum atomic E-state index is 12.6. The first kappa shape index (κ1) is 15.0. The summed E-state index contributed by atoms with van der Waals surface area (Å²) in [6, 6.07) is 7.83. The van der Waals surface area contributed by atoms with Crippen LogP contribution in [0.25, 0.3) is 0 Å². The summed E-state index contributed by atoms with van der Waals surface area (Å²) in [6.45, 7) is 0. The lowest BCUT2D eigenvalue weighted by Gasteiger charge is -2.11. The van der Waals surface area contributed by atoms with Crippen molar-refractivity contribution in [2.24, 2.45) is 0 Å². The molecule has 1 amide bonds. The van der Waals surface area contributed by atoms with Crippen molar-refractivity contribution in [3.05, 3.63) is 54.4 Å². The Morgan fingerprint density at radius 1 is 1.10 bits per heavy atom. The predicted octanol–water partition coefficient (Wildman–Crippen LogP) is 2.33. The van der Waals surface area contributed by atoms with Crippen molar-refractivity contribution in [3.63, 3.8) is 0 Å². The fourth-order valence-corrected chi connectivity index (χ4v) is 2.50. The summed E-state index contributed by atoms with van der Waals surface area (Å²) in [4.78, 5) is 15.1. The zero-order valence-electron chi connectivity index (χ0n) is 10.5. The van der Waals surface area contributed by atoms with Gasteiger partial charge >= 0.3 is 5.76 Å². The van der Waals surface area contributed by atoms with Crippen LogP contribution in [0.15, 0.2) is 53.7 Å². The SMILES string of the molecule is O=C(Nc1ccccc1S(=O)(=O)C(F)F)c1ccncc1. The minimum atomic E-state index is -4.80. The van der Waals surface area contributed by atoms with E-state index in [0.717, 1.165) is 6.07 Å². The summed E-state index contributed by atoms with van der Waals surface area (Å²) in [7, 11) is -4.80. The van der Waals surface area contributed by atoms with Gasteiger partial charge in [0.15, 0.2) is 0 Å². The smallest absolute Gasteiger partial charge is 0.321 e. The Morgan fingerprint density at radius 3 is 2.33 bits per heavy atom. The van der Waals surface area contributed by atoms with Crippen LogP contribution in [0.5, 0.6) is 0 Å². The Balaban J connectivity index is 2.36. The number of rotatable bonds is 4. The number of amides is 1. The van der Waals surface area contributed by atoms with Crippen LogP contribution in [0.4, 0.5) is 14.5 Å². The molecule has 8 heteroatoms. The number of sulfone groups is 1. The van der Waals surface area contributed by atoms with Gasteiger partial charge in [-0.25, -0.2) is 8.42 Å². The number of benzene rings is 1. The number of nitrogens with one attached hydrogen (secondary N) is 1. The number of nitrogens with zero attached hydrogens (tertiary/aromatic N) is 1. The van der Waals surface area contributed by atoms with Crippen LogP contribution in [0, 0.1) is 0 Å². The number of aromatic nitrogens is 1. The van der Waals surface area contributed by atoms with E-state index in [-0.39, 0.29) is 11.3 Å². The molecule has 0 unspecified atom stereocenters. The fraction of sp³-hybridized carbons (Fsp3) is 0.0769. The van der Waals surface area contributed by atoms with Crippen molar-refractivity contribution >= 4 is 21.4 Å². The molecule has 21 heavy (non-hydrogen) atoms. The summed E-state index contributed by atoms with van der Waals surface area (Å²) in [5, 5.41) is 2.31. The van der Waals surface area contributed by atoms with Crippen LogP contribution in [0.3, 0.4) is 0 Å². The molecule has 2 rings (SSSR count). The van der Waals surface area contributed by atoms with Gasteiger partial charge in [0.25, 0.3) is 5.91 Å². The molecule has 0 atom stereocenters. The van der Waals surface area contributed by atoms with Crippen molar-refractivity contribution in [1.82, 2.24) is 4.98 Å². The molecule has 0 aliphatic rings. The Bertz CT molecular complexity index is 749. The number of halogens is 2. The summed E-state index contributed by atoms with van der Waals surface area (Å²) in [5.74, 6) is -4.18. The molecule has 0 saturated heterocycles. The third-order valence-electron chi connectivity index (χ3n) is 2.62. The second-order valence-corrected chi connectivity index (χ2v) is 5.88. The number of para-hydroxylation sites is 1. The average Bonchev–Trinajstić information content (AvgIpc) is 2.48. The van der Waals surface area contributed by atoms with E-state index in [1.54, 1.807) is 0 Å². The van der Waals surface area contributed by atoms with Gasteiger partial charge in [-0.05, 0) is 24.3 Å². The van der Waals surface area contributed by atoms with E-state index >= 15 is 0 Å². The van der Waals surface area contributed by atoms with Gasteiger partial charge in [0.2, 0.25) is 9.84 Å². The van der Waals surface area contributed by atoms with Gasteiger partial charge in [0.05, 0.1) is 10.6 Å². The monoisotopic (exact) mass is 312 g/mol. The lowest BCUT2D eigenvalue weighted by atomic mass is 10.2. The van der Waals surface area contributed by atoms with E-state index in [1.807, 2.05) is 0 Å². The number of anilines is 1. The maximum absolute atomic E-state index is 12.6. The highest BCUT2D eigenvalue weighted by Gasteiger charge is 2.29. The summed E-state index contributed by atoms with van der Waals surface area (Å²) in [6.07, 6.45) is 2.77. The molecular formula is C13H10F2N2O3S. The number of hydrogen-bond acceptors (Lipinski definition) is 4. The van der Waals surface area contributed by atoms with Crippen molar-refractivity contribution in [2.75, 3.05) is 5.32 Å². The highest BCUT2D eigenvalue weighted by atomic mass is 32.2. The van der Waals surface area contributed by atoms with Crippen molar-refractivity contribution in [3.8, 4) is 0 Å². The molecule has 0 aliphatic carbocycles. The van der Waals surface area contributed by atoms with Gasteiger partial charge in [-0.1, -0.05) is 12.1 Å². The molecule has 1 heterocycles. The third-order valence-corrected chi connectivity index (χ3v) is 4.06. The topological polar surface area (TPSA) is 76.1 Å². The molecule has 0 spiro atoms. The van der Waals surface area contributed by atoms with Gasteiger partial charge in [-0.15, -0.1) is 0 Å². The Labute approximate surface area is 119 Å². The van der Waals surface area contributed by atoms with E-state index in [1.165, 1.54) is 42.7 Å². The average molecular weight is 312 g/mol. The molecule has 1 aromatic heterocycles. The van der Waals surface area contributed by atoms with Crippen LogP contribution in [-0.2, 0) is 9.84 Å². The van der Waals surface area contributed by atoms with Crippen LogP contribution in [0.1, 0.15) is 10.4 Å². The van der Waals surface area contributed by atoms with Crippen LogP contribution in [0.2, 0.25) is 0 Å². The Hall–Kier alpha value is -2.35. The lowest BCUT2D eigenvalue weighted by Crippen LogP contribution is -2.17. The van der Waals surface area contributed by atoms with Crippen LogP contribution in [-0.4, -0.2) is 25.1 Å². The Morgan fingerprint density at radius 2 is 1.71 bits per heavy atom. The fourth-order valence-electron chi connectivity index (χ4n) is 1.61. The number of pyridine rings is 1. The molecule has 0 fully saturated rings.